The van der Waals surface area contributed by atoms with Crippen LogP contribution in [0.25, 0.3) is 0 Å². The third-order valence-electron chi connectivity index (χ3n) is 4.15. The van der Waals surface area contributed by atoms with Gasteiger partial charge < -0.3 is 23.8 Å². The van der Waals surface area contributed by atoms with Crippen LogP contribution < -0.4 is 9.64 Å². The Morgan fingerprint density at radius 2 is 2.03 bits per heavy atom. The smallest absolute Gasteiger partial charge is 0.344 e. The maximum Gasteiger partial charge on any atom is 0.344 e. The number of hydrogen-bond donors (Lipinski definition) is 0. The second-order valence-corrected chi connectivity index (χ2v) is 7.69. The monoisotopic (exact) mass is 407 g/mol. The lowest BCUT2D eigenvalue weighted by Crippen LogP contribution is -2.52. The van der Waals surface area contributed by atoms with Crippen LogP contribution in [0.2, 0.25) is 0 Å². The van der Waals surface area contributed by atoms with E-state index in [0.717, 1.165) is 0 Å². The van der Waals surface area contributed by atoms with Crippen molar-refractivity contribution in [3.63, 3.8) is 0 Å². The maximum atomic E-state index is 13.0. The van der Waals surface area contributed by atoms with E-state index >= 15 is 0 Å². The Hall–Kier alpha value is -2.61. The number of morpholine rings is 1. The average Bonchev–Trinajstić information content (AvgIpc) is 2.65. The fourth-order valence-corrected chi connectivity index (χ4v) is 2.82. The van der Waals surface area contributed by atoms with Crippen LogP contribution in [0.5, 0.6) is 5.75 Å². The first-order chi connectivity index (χ1) is 13.6. The van der Waals surface area contributed by atoms with Gasteiger partial charge in [0.1, 0.15) is 17.5 Å². The van der Waals surface area contributed by atoms with Gasteiger partial charge in [0.05, 0.1) is 19.1 Å². The van der Waals surface area contributed by atoms with Crippen molar-refractivity contribution in [3.05, 3.63) is 24.3 Å². The molecule has 0 N–H and O–H groups in total. The molecule has 8 nitrogen and oxygen atoms in total. The largest absolute Gasteiger partial charge is 0.482 e. The first kappa shape index (κ1) is 22.7. The molecule has 1 aromatic carbocycles. The van der Waals surface area contributed by atoms with Gasteiger partial charge in [-0.3, -0.25) is 9.59 Å². The molecule has 160 valence electrons. The summed E-state index contributed by atoms with van der Waals surface area (Å²) >= 11 is 0. The van der Waals surface area contributed by atoms with Crippen molar-refractivity contribution in [1.29, 1.82) is 0 Å². The van der Waals surface area contributed by atoms with E-state index in [4.69, 9.17) is 18.9 Å². The van der Waals surface area contributed by atoms with Gasteiger partial charge in [-0.1, -0.05) is 6.07 Å². The summed E-state index contributed by atoms with van der Waals surface area (Å²) in [5.41, 5.74) is -0.0473. The number of nitrogens with zero attached hydrogens (tertiary/aromatic N) is 1. The molecule has 2 unspecified atom stereocenters. The van der Waals surface area contributed by atoms with Crippen molar-refractivity contribution >= 4 is 23.5 Å². The number of ether oxygens (including phenoxy) is 4. The van der Waals surface area contributed by atoms with Gasteiger partial charge in [0, 0.05) is 18.3 Å². The van der Waals surface area contributed by atoms with Crippen LogP contribution in [0.3, 0.4) is 0 Å². The number of carbonyl (C=O) groups is 3. The Labute approximate surface area is 171 Å². The summed E-state index contributed by atoms with van der Waals surface area (Å²) in [5, 5.41) is 0. The first-order valence-electron chi connectivity index (χ1n) is 9.66. The van der Waals surface area contributed by atoms with E-state index in [2.05, 4.69) is 0 Å². The molecule has 1 amide bonds. The van der Waals surface area contributed by atoms with Gasteiger partial charge in [0.25, 0.3) is 5.91 Å². The van der Waals surface area contributed by atoms with Gasteiger partial charge in [0.2, 0.25) is 0 Å². The van der Waals surface area contributed by atoms with E-state index in [1.165, 1.54) is 0 Å². The van der Waals surface area contributed by atoms with Crippen LogP contribution >= 0.6 is 0 Å². The van der Waals surface area contributed by atoms with Crippen LogP contribution in [-0.4, -0.2) is 55.9 Å². The highest BCUT2D eigenvalue weighted by molar-refractivity contribution is 5.99. The zero-order chi connectivity index (χ0) is 21.6. The molecule has 2 atom stereocenters. The Morgan fingerprint density at radius 3 is 2.69 bits per heavy atom. The normalized spacial score (nSPS) is 18.2. The summed E-state index contributed by atoms with van der Waals surface area (Å²) in [6, 6.07) is 6.84. The predicted octanol–water partition coefficient (Wildman–Crippen LogP) is 2.34. The van der Waals surface area contributed by atoms with Gasteiger partial charge in [-0.15, -0.1) is 0 Å². The molecule has 1 fully saturated rings. The van der Waals surface area contributed by atoms with E-state index < -0.39 is 29.6 Å². The molecule has 1 aromatic rings. The van der Waals surface area contributed by atoms with Crippen LogP contribution in [0.4, 0.5) is 5.69 Å². The molecule has 0 saturated carbocycles. The van der Waals surface area contributed by atoms with E-state index in [0.29, 0.717) is 18.0 Å². The van der Waals surface area contributed by atoms with Crippen molar-refractivity contribution in [2.75, 3.05) is 31.3 Å². The lowest BCUT2D eigenvalue weighted by atomic mass is 10.0. The topological polar surface area (TPSA) is 91.4 Å². The van der Waals surface area contributed by atoms with Crippen molar-refractivity contribution < 1.29 is 33.3 Å². The summed E-state index contributed by atoms with van der Waals surface area (Å²) < 4.78 is 21.2. The Kier molecular flexibility index (Phi) is 7.61. The summed E-state index contributed by atoms with van der Waals surface area (Å²) in [4.78, 5) is 38.4. The molecule has 29 heavy (non-hydrogen) atoms. The minimum atomic E-state index is -0.928. The number of benzene rings is 1. The lowest BCUT2D eigenvalue weighted by molar-refractivity contribution is -0.168. The highest BCUT2D eigenvalue weighted by atomic mass is 16.6. The zero-order valence-corrected chi connectivity index (χ0v) is 17.6. The number of amides is 1. The molecule has 0 aliphatic carbocycles. The quantitative estimate of drug-likeness (QED) is 0.641. The minimum Gasteiger partial charge on any atom is -0.482 e. The van der Waals surface area contributed by atoms with E-state index in [-0.39, 0.29) is 25.7 Å². The fourth-order valence-electron chi connectivity index (χ4n) is 2.82. The molecule has 1 heterocycles. The van der Waals surface area contributed by atoms with Gasteiger partial charge in [-0.25, -0.2) is 4.79 Å². The number of anilines is 1. The number of rotatable bonds is 7. The van der Waals surface area contributed by atoms with Crippen molar-refractivity contribution in [2.45, 2.75) is 46.3 Å². The van der Waals surface area contributed by atoms with Crippen LogP contribution in [0.15, 0.2) is 24.3 Å². The number of carbonyl (C=O) groups excluding carboxylic acids is 3. The molecule has 2 rings (SSSR count). The van der Waals surface area contributed by atoms with Gasteiger partial charge >= 0.3 is 11.9 Å². The molecule has 0 radical (unpaired) electrons. The molecular weight excluding hydrogens is 378 g/mol. The summed E-state index contributed by atoms with van der Waals surface area (Å²) in [7, 11) is 0. The van der Waals surface area contributed by atoms with E-state index in [1.54, 1.807) is 63.8 Å². The van der Waals surface area contributed by atoms with Crippen LogP contribution in [-0.2, 0) is 28.6 Å². The van der Waals surface area contributed by atoms with E-state index in [1.807, 2.05) is 0 Å². The third-order valence-corrected chi connectivity index (χ3v) is 4.15. The van der Waals surface area contributed by atoms with Gasteiger partial charge in [-0.05, 0) is 46.8 Å². The lowest BCUT2D eigenvalue weighted by Gasteiger charge is -2.35. The van der Waals surface area contributed by atoms with Gasteiger partial charge in [0.15, 0.2) is 6.61 Å². The Morgan fingerprint density at radius 1 is 1.31 bits per heavy atom. The second kappa shape index (κ2) is 9.73. The molecular formula is C21H29NO7. The molecule has 1 saturated heterocycles. The molecule has 1 aliphatic rings. The van der Waals surface area contributed by atoms with Crippen molar-refractivity contribution in [2.24, 2.45) is 5.92 Å². The highest BCUT2D eigenvalue weighted by Crippen LogP contribution is 2.26. The SMILES string of the molecule is CCOC(=O)COc1cccc(N2CCOC(C(C)C(=O)OC(C)(C)C)C2=O)c1. The summed E-state index contributed by atoms with van der Waals surface area (Å²) in [5.74, 6) is -1.58. The maximum absolute atomic E-state index is 13.0. The Balaban J connectivity index is 2.09. The second-order valence-electron chi connectivity index (χ2n) is 7.69. The highest BCUT2D eigenvalue weighted by Gasteiger charge is 2.39. The van der Waals surface area contributed by atoms with Crippen molar-refractivity contribution in [1.82, 2.24) is 0 Å². The molecule has 0 aromatic heterocycles. The first-order valence-corrected chi connectivity index (χ1v) is 9.66. The molecule has 8 heteroatoms. The van der Waals surface area contributed by atoms with E-state index in [9.17, 15) is 14.4 Å². The van der Waals surface area contributed by atoms with Crippen molar-refractivity contribution in [3.8, 4) is 5.75 Å². The standard InChI is InChI=1S/C21H29NO7/c1-6-26-17(23)13-28-16-9-7-8-15(12-16)22-10-11-27-18(19(22)24)14(2)20(25)29-21(3,4)5/h7-9,12,14,18H,6,10-11,13H2,1-5H3. The van der Waals surface area contributed by atoms with Crippen LogP contribution in [0, 0.1) is 5.92 Å². The zero-order valence-electron chi connectivity index (χ0n) is 17.6. The van der Waals surface area contributed by atoms with Gasteiger partial charge in [-0.2, -0.15) is 0 Å². The summed E-state index contributed by atoms with van der Waals surface area (Å²) in [6.07, 6.45) is -0.928. The van der Waals surface area contributed by atoms with Crippen LogP contribution in [0.1, 0.15) is 34.6 Å². The Bertz CT molecular complexity index is 741. The molecule has 0 spiro atoms. The number of hydrogen-bond acceptors (Lipinski definition) is 7. The number of esters is 2. The molecule has 0 bridgehead atoms. The third kappa shape index (κ3) is 6.45. The minimum absolute atomic E-state index is 0.216. The fraction of sp³-hybridized carbons (Fsp3) is 0.571. The predicted molar refractivity (Wildman–Crippen MR) is 106 cm³/mol. The average molecular weight is 407 g/mol. The summed E-state index contributed by atoms with van der Waals surface area (Å²) in [6.45, 7) is 9.36. The molecule has 1 aliphatic heterocycles.